The molecule has 30 heavy (non-hydrogen) atoms. The lowest BCUT2D eigenvalue weighted by molar-refractivity contribution is 0.187. The summed E-state index contributed by atoms with van der Waals surface area (Å²) in [5.74, 6) is 1.83. The van der Waals surface area contributed by atoms with E-state index in [0.717, 1.165) is 18.1 Å². The molecular formula is C27H35NOS. The second-order valence-corrected chi connectivity index (χ2v) is 10.4. The molecule has 2 nitrogen and oxygen atoms in total. The number of allylic oxidation sites excluding steroid dienone is 1. The molecule has 1 fully saturated rings. The van der Waals surface area contributed by atoms with Crippen molar-refractivity contribution >= 4 is 11.8 Å². The largest absolute Gasteiger partial charge is 0.497 e. The van der Waals surface area contributed by atoms with E-state index in [4.69, 9.17) is 4.74 Å². The zero-order chi connectivity index (χ0) is 20.8. The molecule has 2 aromatic carbocycles. The van der Waals surface area contributed by atoms with Gasteiger partial charge in [0, 0.05) is 16.7 Å². The van der Waals surface area contributed by atoms with Crippen LogP contribution in [0.1, 0.15) is 43.7 Å². The van der Waals surface area contributed by atoms with E-state index in [-0.39, 0.29) is 0 Å². The fraction of sp³-hybridized carbons (Fsp3) is 0.481. The SMILES string of the molecule is COc1ccc2c(c1)C/C(=C/CCN1CCC(Cc3ccccc3)CC1)C[C@@H](C)S2. The lowest BCUT2D eigenvalue weighted by Crippen LogP contribution is -2.34. The summed E-state index contributed by atoms with van der Waals surface area (Å²) in [5, 5.41) is 0.639. The van der Waals surface area contributed by atoms with E-state index in [1.54, 1.807) is 12.7 Å². The van der Waals surface area contributed by atoms with Crippen LogP contribution in [0.4, 0.5) is 0 Å². The standard InChI is InChI=1S/C27H35NOS/c1-21-17-24(19-25-20-26(29-2)10-11-27(25)30-21)9-6-14-28-15-12-23(13-16-28)18-22-7-4-3-5-8-22/h3-5,7-11,20-21,23H,6,12-19H2,1-2H3/b24-9+/t21-/m1/s1. The predicted molar refractivity (Wildman–Crippen MR) is 129 cm³/mol. The molecule has 3 heteroatoms. The first kappa shape index (κ1) is 21.5. The molecule has 0 amide bonds. The van der Waals surface area contributed by atoms with Crippen LogP contribution in [0.2, 0.25) is 0 Å². The number of likely N-dealkylation sites (tertiary alicyclic amines) is 1. The molecule has 0 saturated carbocycles. The van der Waals surface area contributed by atoms with Crippen LogP contribution in [0, 0.1) is 5.92 Å². The van der Waals surface area contributed by atoms with E-state index in [2.05, 4.69) is 66.4 Å². The molecule has 0 radical (unpaired) electrons. The highest BCUT2D eigenvalue weighted by Crippen LogP contribution is 2.37. The number of fused-ring (bicyclic) bond motifs is 1. The van der Waals surface area contributed by atoms with Crippen molar-refractivity contribution in [2.24, 2.45) is 5.92 Å². The van der Waals surface area contributed by atoms with Gasteiger partial charge in [-0.05, 0) is 86.9 Å². The van der Waals surface area contributed by atoms with Crippen LogP contribution in [0.3, 0.4) is 0 Å². The Balaban J connectivity index is 1.27. The number of hydrogen-bond acceptors (Lipinski definition) is 3. The average molecular weight is 422 g/mol. The van der Waals surface area contributed by atoms with Crippen molar-refractivity contribution in [2.45, 2.75) is 55.6 Å². The van der Waals surface area contributed by atoms with Crippen LogP contribution in [-0.4, -0.2) is 36.9 Å². The number of rotatable bonds is 6. The van der Waals surface area contributed by atoms with E-state index in [1.165, 1.54) is 67.8 Å². The Kier molecular flexibility index (Phi) is 7.57. The Morgan fingerprint density at radius 2 is 1.90 bits per heavy atom. The van der Waals surface area contributed by atoms with Gasteiger partial charge in [-0.25, -0.2) is 0 Å². The number of nitrogens with zero attached hydrogens (tertiary/aromatic N) is 1. The van der Waals surface area contributed by atoms with Crippen molar-refractivity contribution in [3.05, 3.63) is 71.3 Å². The Hall–Kier alpha value is -1.71. The summed E-state index contributed by atoms with van der Waals surface area (Å²) in [6, 6.07) is 17.6. The van der Waals surface area contributed by atoms with Gasteiger partial charge in [0.1, 0.15) is 5.75 Å². The summed E-state index contributed by atoms with van der Waals surface area (Å²) in [6.45, 7) is 6.07. The van der Waals surface area contributed by atoms with Gasteiger partial charge in [-0.1, -0.05) is 48.9 Å². The van der Waals surface area contributed by atoms with E-state index in [1.807, 2.05) is 11.8 Å². The summed E-state index contributed by atoms with van der Waals surface area (Å²) in [6.07, 6.45) is 9.90. The van der Waals surface area contributed by atoms with Crippen LogP contribution >= 0.6 is 11.8 Å². The van der Waals surface area contributed by atoms with Crippen molar-refractivity contribution in [1.29, 1.82) is 0 Å². The summed E-state index contributed by atoms with van der Waals surface area (Å²) in [5.41, 5.74) is 4.52. The van der Waals surface area contributed by atoms with E-state index in [0.29, 0.717) is 5.25 Å². The highest BCUT2D eigenvalue weighted by atomic mass is 32.2. The number of hydrogen-bond donors (Lipinski definition) is 0. The van der Waals surface area contributed by atoms with Crippen LogP contribution < -0.4 is 4.74 Å². The molecule has 0 aromatic heterocycles. The van der Waals surface area contributed by atoms with Gasteiger partial charge >= 0.3 is 0 Å². The molecule has 0 bridgehead atoms. The minimum atomic E-state index is 0.639. The maximum atomic E-state index is 5.45. The van der Waals surface area contributed by atoms with E-state index < -0.39 is 0 Å². The molecule has 0 spiro atoms. The molecule has 160 valence electrons. The minimum absolute atomic E-state index is 0.639. The lowest BCUT2D eigenvalue weighted by Gasteiger charge is -2.31. The van der Waals surface area contributed by atoms with Gasteiger partial charge < -0.3 is 9.64 Å². The van der Waals surface area contributed by atoms with Crippen LogP contribution in [0.25, 0.3) is 0 Å². The van der Waals surface area contributed by atoms with Gasteiger partial charge in [0.15, 0.2) is 0 Å². The molecule has 0 unspecified atom stereocenters. The zero-order valence-corrected chi connectivity index (χ0v) is 19.3. The number of benzene rings is 2. The third kappa shape index (κ3) is 5.92. The van der Waals surface area contributed by atoms with Crippen molar-refractivity contribution < 1.29 is 4.74 Å². The second-order valence-electron chi connectivity index (χ2n) is 8.91. The molecule has 2 aromatic rings. The van der Waals surface area contributed by atoms with Crippen LogP contribution in [0.5, 0.6) is 5.75 Å². The molecule has 2 aliphatic rings. The zero-order valence-electron chi connectivity index (χ0n) is 18.5. The Labute approximate surface area is 186 Å². The van der Waals surface area contributed by atoms with Crippen LogP contribution in [0.15, 0.2) is 65.1 Å². The molecule has 2 aliphatic heterocycles. The molecule has 4 rings (SSSR count). The van der Waals surface area contributed by atoms with E-state index in [9.17, 15) is 0 Å². The number of ether oxygens (including phenoxy) is 1. The number of piperidine rings is 1. The first-order chi connectivity index (χ1) is 14.7. The molecule has 2 heterocycles. The monoisotopic (exact) mass is 421 g/mol. The van der Waals surface area contributed by atoms with Gasteiger partial charge in [0.25, 0.3) is 0 Å². The molecule has 1 atom stereocenters. The van der Waals surface area contributed by atoms with Crippen molar-refractivity contribution in [3.63, 3.8) is 0 Å². The average Bonchev–Trinajstić information content (AvgIpc) is 2.92. The first-order valence-electron chi connectivity index (χ1n) is 11.5. The number of methoxy groups -OCH3 is 1. The third-order valence-electron chi connectivity index (χ3n) is 6.52. The molecule has 0 aliphatic carbocycles. The maximum absolute atomic E-state index is 5.45. The molecule has 1 saturated heterocycles. The number of thioether (sulfide) groups is 1. The first-order valence-corrected chi connectivity index (χ1v) is 12.4. The quantitative estimate of drug-likeness (QED) is 0.501. The van der Waals surface area contributed by atoms with Gasteiger partial charge in [-0.15, -0.1) is 11.8 Å². The predicted octanol–water partition coefficient (Wildman–Crippen LogP) is 6.39. The third-order valence-corrected chi connectivity index (χ3v) is 7.74. The summed E-state index contributed by atoms with van der Waals surface area (Å²) in [4.78, 5) is 4.09. The van der Waals surface area contributed by atoms with Crippen molar-refractivity contribution in [1.82, 2.24) is 4.90 Å². The van der Waals surface area contributed by atoms with Gasteiger partial charge in [0.2, 0.25) is 0 Å². The fourth-order valence-electron chi connectivity index (χ4n) is 4.85. The second kappa shape index (κ2) is 10.5. The highest BCUT2D eigenvalue weighted by Gasteiger charge is 2.20. The highest BCUT2D eigenvalue weighted by molar-refractivity contribution is 8.00. The Bertz CT molecular complexity index is 839. The topological polar surface area (TPSA) is 12.5 Å². The Morgan fingerprint density at radius 3 is 2.67 bits per heavy atom. The van der Waals surface area contributed by atoms with Gasteiger partial charge in [-0.2, -0.15) is 0 Å². The normalized spacial score (nSPS) is 21.9. The summed E-state index contributed by atoms with van der Waals surface area (Å²) >= 11 is 2.01. The van der Waals surface area contributed by atoms with Gasteiger partial charge in [-0.3, -0.25) is 0 Å². The summed E-state index contributed by atoms with van der Waals surface area (Å²) in [7, 11) is 1.76. The van der Waals surface area contributed by atoms with Gasteiger partial charge in [0.05, 0.1) is 7.11 Å². The maximum Gasteiger partial charge on any atom is 0.119 e. The Morgan fingerprint density at radius 1 is 1.10 bits per heavy atom. The fourth-order valence-corrected chi connectivity index (χ4v) is 6.01. The smallest absolute Gasteiger partial charge is 0.119 e. The van der Waals surface area contributed by atoms with Crippen molar-refractivity contribution in [3.8, 4) is 5.75 Å². The molecule has 0 N–H and O–H groups in total. The van der Waals surface area contributed by atoms with Crippen molar-refractivity contribution in [2.75, 3.05) is 26.7 Å². The summed E-state index contributed by atoms with van der Waals surface area (Å²) < 4.78 is 5.45. The molecular weight excluding hydrogens is 386 g/mol. The minimum Gasteiger partial charge on any atom is -0.497 e. The van der Waals surface area contributed by atoms with E-state index >= 15 is 0 Å². The van der Waals surface area contributed by atoms with Crippen LogP contribution in [-0.2, 0) is 12.8 Å². The lowest BCUT2D eigenvalue weighted by atomic mass is 9.90.